The predicted octanol–water partition coefficient (Wildman–Crippen LogP) is 2.00. The molecule has 0 atom stereocenters. The highest BCUT2D eigenvalue weighted by Gasteiger charge is 2.10. The minimum Gasteiger partial charge on any atom is -0.355 e. The SMILES string of the molecule is CNC(=O)c1cc(F)ccc1CN=[N+]=[N-]. The van der Waals surface area contributed by atoms with Gasteiger partial charge in [-0.25, -0.2) is 4.39 Å². The summed E-state index contributed by atoms with van der Waals surface area (Å²) in [6, 6.07) is 3.75. The third-order valence-electron chi connectivity index (χ3n) is 1.85. The molecule has 0 saturated heterocycles. The fraction of sp³-hybridized carbons (Fsp3) is 0.222. The van der Waals surface area contributed by atoms with Gasteiger partial charge in [-0.1, -0.05) is 11.2 Å². The molecule has 0 aliphatic heterocycles. The average Bonchev–Trinajstić information content (AvgIpc) is 2.26. The standard InChI is InChI=1S/C9H9FN4O/c1-12-9(15)8-4-7(10)3-2-6(8)5-13-14-11/h2-4H,5H2,1H3,(H,12,15). The van der Waals surface area contributed by atoms with E-state index in [4.69, 9.17) is 5.53 Å². The zero-order chi connectivity index (χ0) is 11.3. The number of carbonyl (C=O) groups is 1. The van der Waals surface area contributed by atoms with Crippen molar-refractivity contribution in [3.05, 3.63) is 45.6 Å². The van der Waals surface area contributed by atoms with Crippen molar-refractivity contribution in [2.24, 2.45) is 5.11 Å². The van der Waals surface area contributed by atoms with E-state index in [1.165, 1.54) is 19.2 Å². The van der Waals surface area contributed by atoms with E-state index >= 15 is 0 Å². The van der Waals surface area contributed by atoms with E-state index in [9.17, 15) is 9.18 Å². The summed E-state index contributed by atoms with van der Waals surface area (Å²) in [6.07, 6.45) is 0. The van der Waals surface area contributed by atoms with Gasteiger partial charge in [0.2, 0.25) is 0 Å². The molecule has 0 aliphatic carbocycles. The number of azide groups is 1. The minimum absolute atomic E-state index is 0.0273. The summed E-state index contributed by atoms with van der Waals surface area (Å²) in [5, 5.41) is 5.71. The molecule has 15 heavy (non-hydrogen) atoms. The summed E-state index contributed by atoms with van der Waals surface area (Å²) in [7, 11) is 1.45. The average molecular weight is 208 g/mol. The molecule has 1 aromatic carbocycles. The molecule has 0 radical (unpaired) electrons. The maximum atomic E-state index is 12.9. The van der Waals surface area contributed by atoms with E-state index in [2.05, 4.69) is 15.3 Å². The van der Waals surface area contributed by atoms with Crippen molar-refractivity contribution >= 4 is 5.91 Å². The monoisotopic (exact) mass is 208 g/mol. The van der Waals surface area contributed by atoms with Crippen molar-refractivity contribution in [3.8, 4) is 0 Å². The lowest BCUT2D eigenvalue weighted by Gasteiger charge is -2.05. The molecule has 0 heterocycles. The second-order valence-electron chi connectivity index (χ2n) is 2.77. The fourth-order valence-electron chi connectivity index (χ4n) is 1.14. The molecule has 0 saturated carbocycles. The zero-order valence-corrected chi connectivity index (χ0v) is 8.07. The molecule has 0 bridgehead atoms. The molecule has 5 nitrogen and oxygen atoms in total. The van der Waals surface area contributed by atoms with Gasteiger partial charge in [0, 0.05) is 17.5 Å². The number of benzene rings is 1. The molecule has 1 amide bonds. The lowest BCUT2D eigenvalue weighted by atomic mass is 10.1. The summed E-state index contributed by atoms with van der Waals surface area (Å²) in [4.78, 5) is 13.9. The smallest absolute Gasteiger partial charge is 0.251 e. The highest BCUT2D eigenvalue weighted by molar-refractivity contribution is 5.95. The van der Waals surface area contributed by atoms with E-state index in [1.54, 1.807) is 0 Å². The molecule has 1 N–H and O–H groups in total. The molecule has 6 heteroatoms. The molecule has 78 valence electrons. The van der Waals surface area contributed by atoms with E-state index in [1.807, 2.05) is 0 Å². The van der Waals surface area contributed by atoms with Crippen molar-refractivity contribution < 1.29 is 9.18 Å². The van der Waals surface area contributed by atoms with Gasteiger partial charge >= 0.3 is 0 Å². The number of nitrogens with zero attached hydrogens (tertiary/aromatic N) is 3. The van der Waals surface area contributed by atoms with Crippen LogP contribution in [0.15, 0.2) is 23.3 Å². The van der Waals surface area contributed by atoms with Crippen LogP contribution in [0.3, 0.4) is 0 Å². The Kier molecular flexibility index (Phi) is 3.65. The zero-order valence-electron chi connectivity index (χ0n) is 8.07. The van der Waals surface area contributed by atoms with Gasteiger partial charge in [0.05, 0.1) is 6.54 Å². The second kappa shape index (κ2) is 4.97. The molecule has 1 rings (SSSR count). The van der Waals surface area contributed by atoms with Crippen molar-refractivity contribution in [1.82, 2.24) is 5.32 Å². The Morgan fingerprint density at radius 1 is 1.67 bits per heavy atom. The molecular formula is C9H9FN4O. The summed E-state index contributed by atoms with van der Waals surface area (Å²) in [5.41, 5.74) is 8.83. The maximum absolute atomic E-state index is 12.9. The van der Waals surface area contributed by atoms with Crippen LogP contribution in [0.1, 0.15) is 15.9 Å². The topological polar surface area (TPSA) is 77.9 Å². The molecule has 0 spiro atoms. The number of rotatable bonds is 3. The quantitative estimate of drug-likeness (QED) is 0.460. The van der Waals surface area contributed by atoms with Crippen LogP contribution in [0.5, 0.6) is 0 Å². The van der Waals surface area contributed by atoms with Crippen LogP contribution in [-0.4, -0.2) is 13.0 Å². The first-order chi connectivity index (χ1) is 7.19. The lowest BCUT2D eigenvalue weighted by Crippen LogP contribution is -2.19. The van der Waals surface area contributed by atoms with Gasteiger partial charge in [-0.05, 0) is 23.2 Å². The van der Waals surface area contributed by atoms with Crippen LogP contribution >= 0.6 is 0 Å². The molecule has 0 fully saturated rings. The van der Waals surface area contributed by atoms with Gasteiger partial charge < -0.3 is 5.32 Å². The van der Waals surface area contributed by atoms with E-state index in [-0.39, 0.29) is 12.1 Å². The van der Waals surface area contributed by atoms with Crippen LogP contribution in [-0.2, 0) is 6.54 Å². The first-order valence-electron chi connectivity index (χ1n) is 4.20. The van der Waals surface area contributed by atoms with Gasteiger partial charge in [-0.2, -0.15) is 0 Å². The third-order valence-corrected chi connectivity index (χ3v) is 1.85. The third kappa shape index (κ3) is 2.69. The number of hydrogen-bond donors (Lipinski definition) is 1. The van der Waals surface area contributed by atoms with Gasteiger partial charge in [-0.3, -0.25) is 4.79 Å². The van der Waals surface area contributed by atoms with Crippen LogP contribution in [0.2, 0.25) is 0 Å². The summed E-state index contributed by atoms with van der Waals surface area (Å²) in [6.45, 7) is 0.0273. The van der Waals surface area contributed by atoms with Crippen molar-refractivity contribution in [2.45, 2.75) is 6.54 Å². The van der Waals surface area contributed by atoms with Crippen LogP contribution in [0.4, 0.5) is 4.39 Å². The number of hydrogen-bond acceptors (Lipinski definition) is 2. The Labute approximate surface area is 85.5 Å². The Morgan fingerprint density at radius 3 is 3.00 bits per heavy atom. The fourth-order valence-corrected chi connectivity index (χ4v) is 1.14. The van der Waals surface area contributed by atoms with Crippen molar-refractivity contribution in [3.63, 3.8) is 0 Å². The highest BCUT2D eigenvalue weighted by Crippen LogP contribution is 2.12. The number of carbonyl (C=O) groups excluding carboxylic acids is 1. The normalized spacial score (nSPS) is 9.20. The Hall–Kier alpha value is -2.07. The van der Waals surface area contributed by atoms with Gasteiger partial charge in [0.15, 0.2) is 0 Å². The first-order valence-corrected chi connectivity index (χ1v) is 4.20. The van der Waals surface area contributed by atoms with E-state index in [0.29, 0.717) is 5.56 Å². The van der Waals surface area contributed by atoms with Crippen LogP contribution in [0.25, 0.3) is 10.4 Å². The molecular weight excluding hydrogens is 199 g/mol. The van der Waals surface area contributed by atoms with E-state index < -0.39 is 11.7 Å². The van der Waals surface area contributed by atoms with Crippen molar-refractivity contribution in [2.75, 3.05) is 7.05 Å². The van der Waals surface area contributed by atoms with E-state index in [0.717, 1.165) is 6.07 Å². The summed E-state index contributed by atoms with van der Waals surface area (Å²) >= 11 is 0. The predicted molar refractivity (Wildman–Crippen MR) is 52.6 cm³/mol. The van der Waals surface area contributed by atoms with Crippen LogP contribution in [0, 0.1) is 5.82 Å². The first kappa shape index (κ1) is 11.0. The summed E-state index contributed by atoms with van der Waals surface area (Å²) in [5.74, 6) is -0.907. The number of amides is 1. The van der Waals surface area contributed by atoms with Gasteiger partial charge in [-0.15, -0.1) is 0 Å². The van der Waals surface area contributed by atoms with Gasteiger partial charge in [0.25, 0.3) is 5.91 Å². The molecule has 0 unspecified atom stereocenters. The number of nitrogens with one attached hydrogen (secondary N) is 1. The Bertz CT molecular complexity index is 426. The van der Waals surface area contributed by atoms with Crippen LogP contribution < -0.4 is 5.32 Å². The largest absolute Gasteiger partial charge is 0.355 e. The summed E-state index contributed by atoms with van der Waals surface area (Å²) < 4.78 is 12.9. The Morgan fingerprint density at radius 2 is 2.40 bits per heavy atom. The highest BCUT2D eigenvalue weighted by atomic mass is 19.1. The lowest BCUT2D eigenvalue weighted by molar-refractivity contribution is 0.0961. The Balaban J connectivity index is 3.13. The maximum Gasteiger partial charge on any atom is 0.251 e. The molecule has 0 aliphatic rings. The number of halogens is 1. The molecule has 0 aromatic heterocycles. The van der Waals surface area contributed by atoms with Crippen molar-refractivity contribution in [1.29, 1.82) is 0 Å². The molecule has 1 aromatic rings. The van der Waals surface area contributed by atoms with Gasteiger partial charge in [0.1, 0.15) is 5.82 Å². The second-order valence-corrected chi connectivity index (χ2v) is 2.77. The minimum atomic E-state index is -0.502.